The zero-order chi connectivity index (χ0) is 27.2. The highest BCUT2D eigenvalue weighted by Crippen LogP contribution is 2.39. The van der Waals surface area contributed by atoms with E-state index < -0.39 is 5.97 Å². The van der Waals surface area contributed by atoms with E-state index in [9.17, 15) is 14.9 Å². The number of aromatic carboxylic acids is 1. The summed E-state index contributed by atoms with van der Waals surface area (Å²) < 4.78 is 12.2. The summed E-state index contributed by atoms with van der Waals surface area (Å²) >= 11 is 4.80. The number of carboxylic acids is 1. The topological polar surface area (TPSA) is 112 Å². The molecule has 0 unspecified atom stereocenters. The number of likely N-dealkylation sites (N-methyl/N-ethyl adjacent to an activating group) is 1. The fourth-order valence-electron chi connectivity index (χ4n) is 3.64. The summed E-state index contributed by atoms with van der Waals surface area (Å²) in [6, 6.07) is 19.1. The van der Waals surface area contributed by atoms with Crippen molar-refractivity contribution in [1.29, 1.82) is 5.26 Å². The summed E-state index contributed by atoms with van der Waals surface area (Å²) in [7, 11) is 1.53. The number of nitriles is 1. The molecule has 0 aliphatic carbocycles. The first-order valence-corrected chi connectivity index (χ1v) is 13.1. The molecule has 4 rings (SSSR count). The van der Waals surface area contributed by atoms with Gasteiger partial charge in [-0.2, -0.15) is 5.26 Å². The van der Waals surface area contributed by atoms with Gasteiger partial charge in [-0.3, -0.25) is 9.69 Å². The van der Waals surface area contributed by atoms with E-state index in [4.69, 9.17) is 14.6 Å². The number of carboxylic acid groups (broad SMARTS) is 1. The van der Waals surface area contributed by atoms with Crippen LogP contribution in [0, 0.1) is 11.3 Å². The summed E-state index contributed by atoms with van der Waals surface area (Å²) in [5.41, 5.74) is 2.73. The molecule has 0 atom stereocenters. The first kappa shape index (κ1) is 27.0. The lowest BCUT2D eigenvalue weighted by atomic mass is 10.1. The van der Waals surface area contributed by atoms with Crippen molar-refractivity contribution in [1.82, 2.24) is 4.90 Å². The first-order valence-electron chi connectivity index (χ1n) is 11.5. The number of hydrogen-bond donors (Lipinski definition) is 1. The van der Waals surface area contributed by atoms with Gasteiger partial charge in [0.1, 0.15) is 6.61 Å². The quantitative estimate of drug-likeness (QED) is 0.309. The Kier molecular flexibility index (Phi) is 8.51. The average Bonchev–Trinajstić information content (AvgIpc) is 3.22. The molecule has 0 aromatic heterocycles. The van der Waals surface area contributed by atoms with Crippen LogP contribution in [0.5, 0.6) is 11.5 Å². The summed E-state index contributed by atoms with van der Waals surface area (Å²) in [4.78, 5) is 30.8. The van der Waals surface area contributed by atoms with Gasteiger partial charge >= 0.3 is 5.97 Å². The van der Waals surface area contributed by atoms with Gasteiger partial charge in [-0.25, -0.2) is 9.79 Å². The molecule has 0 radical (unpaired) electrons. The number of halogens is 1. The number of ether oxygens (including phenoxy) is 2. The molecule has 1 heterocycles. The minimum absolute atomic E-state index is 0.164. The standard InChI is InChI=1S/C28H22BrN3O5S/c1-3-32-26(33)25(38-28(32)31-21-10-8-17(9-11-21)27(34)35)13-20-12-23(36-2)24(14-22(20)29)37-16-19-7-5-4-6-18(19)15-30/h4-14H,3,16H2,1-2H3,(H,34,35)/b25-13-,31-28?. The maximum atomic E-state index is 13.1. The van der Waals surface area contributed by atoms with Gasteiger partial charge in [-0.15, -0.1) is 0 Å². The molecule has 38 heavy (non-hydrogen) atoms. The molecular formula is C28H22BrN3O5S. The second-order valence-corrected chi connectivity index (χ2v) is 9.85. The summed E-state index contributed by atoms with van der Waals surface area (Å²) in [5.74, 6) is -0.233. The fourth-order valence-corrected chi connectivity index (χ4v) is 5.14. The monoisotopic (exact) mass is 591 g/mol. The molecule has 3 aromatic carbocycles. The highest BCUT2D eigenvalue weighted by Gasteiger charge is 2.32. The van der Waals surface area contributed by atoms with Crippen LogP contribution >= 0.6 is 27.7 Å². The Bertz CT molecular complexity index is 1500. The Labute approximate surface area is 232 Å². The largest absolute Gasteiger partial charge is 0.493 e. The van der Waals surface area contributed by atoms with Crippen molar-refractivity contribution in [3.8, 4) is 17.6 Å². The Morgan fingerprint density at radius 2 is 1.92 bits per heavy atom. The fraction of sp³-hybridized carbons (Fsp3) is 0.143. The molecule has 1 N–H and O–H groups in total. The van der Waals surface area contributed by atoms with Crippen molar-refractivity contribution in [2.45, 2.75) is 13.5 Å². The Morgan fingerprint density at radius 1 is 1.18 bits per heavy atom. The normalized spacial score (nSPS) is 15.1. The lowest BCUT2D eigenvalue weighted by molar-refractivity contribution is -0.122. The van der Waals surface area contributed by atoms with E-state index in [0.29, 0.717) is 49.4 Å². The van der Waals surface area contributed by atoms with Crippen LogP contribution in [-0.4, -0.2) is 40.7 Å². The molecule has 1 aliphatic rings. The van der Waals surface area contributed by atoms with Gasteiger partial charge in [0.2, 0.25) is 0 Å². The zero-order valence-electron chi connectivity index (χ0n) is 20.5. The van der Waals surface area contributed by atoms with E-state index in [1.165, 1.54) is 31.0 Å². The van der Waals surface area contributed by atoms with E-state index in [1.54, 1.807) is 47.4 Å². The van der Waals surface area contributed by atoms with E-state index in [2.05, 4.69) is 27.0 Å². The Hall–Kier alpha value is -4.07. The van der Waals surface area contributed by atoms with Crippen LogP contribution in [0.3, 0.4) is 0 Å². The molecule has 1 amide bonds. The number of benzene rings is 3. The minimum Gasteiger partial charge on any atom is -0.493 e. The molecule has 1 saturated heterocycles. The number of carbonyl (C=O) groups is 2. The van der Waals surface area contributed by atoms with Gasteiger partial charge in [0.05, 0.1) is 34.9 Å². The number of aliphatic imine (C=N–C) groups is 1. The second-order valence-electron chi connectivity index (χ2n) is 7.99. The van der Waals surface area contributed by atoms with Crippen molar-refractivity contribution in [2.24, 2.45) is 4.99 Å². The molecule has 192 valence electrons. The molecule has 0 spiro atoms. The minimum atomic E-state index is -1.01. The van der Waals surface area contributed by atoms with E-state index in [-0.39, 0.29) is 18.1 Å². The number of amides is 1. The first-order chi connectivity index (χ1) is 18.3. The number of methoxy groups -OCH3 is 1. The third kappa shape index (κ3) is 5.90. The van der Waals surface area contributed by atoms with Crippen LogP contribution in [0.25, 0.3) is 6.08 Å². The van der Waals surface area contributed by atoms with Crippen LogP contribution in [-0.2, 0) is 11.4 Å². The molecule has 0 bridgehead atoms. The van der Waals surface area contributed by atoms with Crippen molar-refractivity contribution in [3.63, 3.8) is 0 Å². The summed E-state index contributed by atoms with van der Waals surface area (Å²) in [5, 5.41) is 18.9. The second kappa shape index (κ2) is 12.0. The highest BCUT2D eigenvalue weighted by molar-refractivity contribution is 9.10. The van der Waals surface area contributed by atoms with Crippen LogP contribution in [0.2, 0.25) is 0 Å². The maximum absolute atomic E-state index is 13.1. The number of hydrogen-bond acceptors (Lipinski definition) is 7. The van der Waals surface area contributed by atoms with E-state index in [0.717, 1.165) is 5.56 Å². The number of thioether (sulfide) groups is 1. The third-order valence-corrected chi connectivity index (χ3v) is 7.33. The molecule has 1 fully saturated rings. The molecule has 3 aromatic rings. The van der Waals surface area contributed by atoms with Crippen LogP contribution in [0.4, 0.5) is 5.69 Å². The van der Waals surface area contributed by atoms with Gasteiger partial charge in [0.25, 0.3) is 5.91 Å². The van der Waals surface area contributed by atoms with Crippen molar-refractivity contribution in [2.75, 3.05) is 13.7 Å². The maximum Gasteiger partial charge on any atom is 0.335 e. The average molecular weight is 592 g/mol. The highest BCUT2D eigenvalue weighted by atomic mass is 79.9. The number of amidine groups is 1. The molecule has 0 saturated carbocycles. The van der Waals surface area contributed by atoms with Crippen LogP contribution in [0.1, 0.15) is 34.0 Å². The summed E-state index contributed by atoms with van der Waals surface area (Å²) in [6.07, 6.45) is 1.76. The number of carbonyl (C=O) groups excluding carboxylic acids is 1. The van der Waals surface area contributed by atoms with Gasteiger partial charge in [0, 0.05) is 16.6 Å². The SMILES string of the molecule is CCN1C(=O)/C(=C/c2cc(OC)c(OCc3ccccc3C#N)cc2Br)SC1=Nc1ccc(C(=O)O)cc1. The molecule has 8 nitrogen and oxygen atoms in total. The lowest BCUT2D eigenvalue weighted by Gasteiger charge is -2.14. The zero-order valence-corrected chi connectivity index (χ0v) is 22.9. The Morgan fingerprint density at radius 3 is 2.58 bits per heavy atom. The van der Waals surface area contributed by atoms with Gasteiger partial charge in [-0.1, -0.05) is 34.1 Å². The Balaban J connectivity index is 1.59. The van der Waals surface area contributed by atoms with Crippen molar-refractivity contribution in [3.05, 3.63) is 92.3 Å². The lowest BCUT2D eigenvalue weighted by Crippen LogP contribution is -2.28. The van der Waals surface area contributed by atoms with Crippen LogP contribution < -0.4 is 9.47 Å². The molecule has 10 heteroatoms. The van der Waals surface area contributed by atoms with Gasteiger partial charge in [-0.05, 0) is 72.8 Å². The predicted molar refractivity (Wildman–Crippen MR) is 150 cm³/mol. The molecular weight excluding hydrogens is 570 g/mol. The smallest absolute Gasteiger partial charge is 0.335 e. The van der Waals surface area contributed by atoms with Crippen molar-refractivity contribution >= 4 is 56.5 Å². The van der Waals surface area contributed by atoms with Crippen LogP contribution in [0.15, 0.2) is 75.0 Å². The van der Waals surface area contributed by atoms with Gasteiger partial charge < -0.3 is 14.6 Å². The van der Waals surface area contributed by atoms with E-state index in [1.807, 2.05) is 19.1 Å². The van der Waals surface area contributed by atoms with Gasteiger partial charge in [0.15, 0.2) is 16.7 Å². The third-order valence-electron chi connectivity index (χ3n) is 5.63. The number of nitrogens with zero attached hydrogens (tertiary/aromatic N) is 3. The van der Waals surface area contributed by atoms with E-state index >= 15 is 0 Å². The number of rotatable bonds is 8. The summed E-state index contributed by atoms with van der Waals surface area (Å²) in [6.45, 7) is 2.48. The van der Waals surface area contributed by atoms with Crippen molar-refractivity contribution < 1.29 is 24.2 Å². The molecule has 1 aliphatic heterocycles. The predicted octanol–water partition coefficient (Wildman–Crippen LogP) is 6.23.